The molecule has 5 rings (SSSR count). The number of rotatable bonds is 7. The van der Waals surface area contributed by atoms with E-state index in [9.17, 15) is 4.79 Å². The van der Waals surface area contributed by atoms with Crippen LogP contribution in [0.1, 0.15) is 31.2 Å². The zero-order chi connectivity index (χ0) is 23.3. The highest BCUT2D eigenvalue weighted by Crippen LogP contribution is 2.40. The fourth-order valence-electron chi connectivity index (χ4n) is 4.37. The first kappa shape index (κ1) is 21.7. The number of allylic oxidation sites excluding steroid dienone is 2. The molecule has 1 heterocycles. The lowest BCUT2D eigenvalue weighted by atomic mass is 9.93. The van der Waals surface area contributed by atoms with Gasteiger partial charge in [-0.3, -0.25) is 9.78 Å². The molecule has 0 radical (unpaired) electrons. The summed E-state index contributed by atoms with van der Waals surface area (Å²) in [6, 6.07) is 27.9. The first-order valence-electron chi connectivity index (χ1n) is 11.4. The number of hydrogen-bond donors (Lipinski definition) is 0. The van der Waals surface area contributed by atoms with Gasteiger partial charge in [-0.25, -0.2) is 9.78 Å². The zero-order valence-electron chi connectivity index (χ0n) is 18.9. The van der Waals surface area contributed by atoms with Gasteiger partial charge in [0.15, 0.2) is 11.5 Å². The van der Waals surface area contributed by atoms with Gasteiger partial charge >= 0.3 is 5.97 Å². The van der Waals surface area contributed by atoms with Crippen LogP contribution in [-0.2, 0) is 16.1 Å². The quantitative estimate of drug-likeness (QED) is 0.226. The van der Waals surface area contributed by atoms with Crippen LogP contribution >= 0.6 is 0 Å². The molecule has 0 fully saturated rings. The van der Waals surface area contributed by atoms with Gasteiger partial charge < -0.3 is 4.42 Å². The van der Waals surface area contributed by atoms with Gasteiger partial charge in [0.25, 0.3) is 0 Å². The van der Waals surface area contributed by atoms with Gasteiger partial charge in [0.2, 0.25) is 5.89 Å². The third kappa shape index (κ3) is 4.79. The molecule has 4 aromatic rings. The van der Waals surface area contributed by atoms with Crippen LogP contribution < -0.4 is 4.89 Å². The maximum absolute atomic E-state index is 11.0. The SMILES string of the molecule is CC(=O)OOc1cccc(CC2CCC=C2c2nc(-c3ccccc3)c(-c3ccccc3)o2)c1. The van der Waals surface area contributed by atoms with Crippen LogP contribution in [0.2, 0.25) is 0 Å². The first-order valence-corrected chi connectivity index (χ1v) is 11.4. The molecule has 0 bridgehead atoms. The standard InChI is InChI=1S/C29H25NO4/c1-20(31)33-34-25-16-8-10-21(19-25)18-24-15-9-17-26(24)29-30-27(22-11-4-2-5-12-22)28(32-29)23-13-6-3-7-14-23/h2-8,10-14,16-17,19,24H,9,15,18H2,1H3. The Hall–Kier alpha value is -4.12. The number of aromatic nitrogens is 1. The molecule has 0 saturated heterocycles. The fourth-order valence-corrected chi connectivity index (χ4v) is 4.37. The number of oxazole rings is 1. The Morgan fingerprint density at radius 3 is 2.44 bits per heavy atom. The minimum absolute atomic E-state index is 0.273. The summed E-state index contributed by atoms with van der Waals surface area (Å²) >= 11 is 0. The van der Waals surface area contributed by atoms with Crippen LogP contribution in [0, 0.1) is 5.92 Å². The van der Waals surface area contributed by atoms with Gasteiger partial charge in [-0.05, 0) is 42.9 Å². The predicted octanol–water partition coefficient (Wildman–Crippen LogP) is 6.90. The molecule has 0 amide bonds. The second-order valence-electron chi connectivity index (χ2n) is 8.37. The number of carbonyl (C=O) groups excluding carboxylic acids is 1. The van der Waals surface area contributed by atoms with Gasteiger partial charge in [0, 0.05) is 23.6 Å². The van der Waals surface area contributed by atoms with Crippen molar-refractivity contribution in [3.63, 3.8) is 0 Å². The molecule has 1 aliphatic carbocycles. The zero-order valence-corrected chi connectivity index (χ0v) is 18.9. The summed E-state index contributed by atoms with van der Waals surface area (Å²) in [5, 5.41) is 0. The Labute approximate surface area is 198 Å². The lowest BCUT2D eigenvalue weighted by molar-refractivity contribution is -0.210. The average Bonchev–Trinajstić information content (AvgIpc) is 3.51. The Bertz CT molecular complexity index is 1250. The van der Waals surface area contributed by atoms with E-state index >= 15 is 0 Å². The number of nitrogens with zero attached hydrogens (tertiary/aromatic N) is 1. The topological polar surface area (TPSA) is 61.6 Å². The molecule has 34 heavy (non-hydrogen) atoms. The second-order valence-corrected chi connectivity index (χ2v) is 8.37. The van der Waals surface area contributed by atoms with Crippen LogP contribution in [0.25, 0.3) is 28.2 Å². The third-order valence-electron chi connectivity index (χ3n) is 5.91. The van der Waals surface area contributed by atoms with E-state index in [0.717, 1.165) is 53.0 Å². The summed E-state index contributed by atoms with van der Waals surface area (Å²) in [6.07, 6.45) is 5.05. The molecule has 0 spiro atoms. The molecule has 1 aliphatic rings. The number of benzene rings is 3. The van der Waals surface area contributed by atoms with Crippen molar-refractivity contribution in [2.45, 2.75) is 26.2 Å². The summed E-state index contributed by atoms with van der Waals surface area (Å²) < 4.78 is 6.43. The minimum atomic E-state index is -0.487. The van der Waals surface area contributed by atoms with Gasteiger partial charge in [0.05, 0.1) is 0 Å². The van der Waals surface area contributed by atoms with E-state index < -0.39 is 5.97 Å². The molecule has 0 aliphatic heterocycles. The van der Waals surface area contributed by atoms with E-state index in [2.05, 4.69) is 29.2 Å². The molecule has 5 nitrogen and oxygen atoms in total. The van der Waals surface area contributed by atoms with Crippen molar-refractivity contribution in [3.8, 4) is 28.3 Å². The first-order chi connectivity index (χ1) is 16.7. The predicted molar refractivity (Wildman–Crippen MR) is 131 cm³/mol. The molecular formula is C29H25NO4. The van der Waals surface area contributed by atoms with Crippen LogP contribution in [0.4, 0.5) is 0 Å². The molecule has 5 heteroatoms. The normalized spacial score (nSPS) is 15.1. The minimum Gasteiger partial charge on any atom is -0.436 e. The molecule has 1 atom stereocenters. The second kappa shape index (κ2) is 9.79. The smallest absolute Gasteiger partial charge is 0.352 e. The van der Waals surface area contributed by atoms with E-state index in [0.29, 0.717) is 11.6 Å². The summed E-state index contributed by atoms with van der Waals surface area (Å²) in [7, 11) is 0. The summed E-state index contributed by atoms with van der Waals surface area (Å²) in [6.45, 7) is 1.31. The van der Waals surface area contributed by atoms with E-state index in [1.807, 2.05) is 60.7 Å². The van der Waals surface area contributed by atoms with E-state index in [1.165, 1.54) is 6.92 Å². The molecule has 0 N–H and O–H groups in total. The van der Waals surface area contributed by atoms with Gasteiger partial charge in [-0.1, -0.05) is 78.9 Å². The highest BCUT2D eigenvalue weighted by molar-refractivity contribution is 5.79. The van der Waals surface area contributed by atoms with E-state index in [-0.39, 0.29) is 5.92 Å². The van der Waals surface area contributed by atoms with Crippen LogP contribution in [0.3, 0.4) is 0 Å². The average molecular weight is 452 g/mol. The lowest BCUT2D eigenvalue weighted by Gasteiger charge is -2.13. The monoisotopic (exact) mass is 451 g/mol. The summed E-state index contributed by atoms with van der Waals surface area (Å²) in [4.78, 5) is 25.8. The molecule has 1 aromatic heterocycles. The highest BCUT2D eigenvalue weighted by atomic mass is 17.2. The molecule has 3 aromatic carbocycles. The number of carbonyl (C=O) groups is 1. The Balaban J connectivity index is 1.44. The number of hydrogen-bond acceptors (Lipinski definition) is 5. The van der Waals surface area contributed by atoms with Gasteiger partial charge in [-0.15, -0.1) is 0 Å². The van der Waals surface area contributed by atoms with E-state index in [1.54, 1.807) is 6.07 Å². The molecule has 170 valence electrons. The van der Waals surface area contributed by atoms with E-state index in [4.69, 9.17) is 14.3 Å². The van der Waals surface area contributed by atoms with Crippen molar-refractivity contribution in [2.24, 2.45) is 5.92 Å². The summed E-state index contributed by atoms with van der Waals surface area (Å²) in [5.41, 5.74) is 5.11. The van der Waals surface area contributed by atoms with Crippen LogP contribution in [0.15, 0.2) is 95.4 Å². The molecule has 1 unspecified atom stereocenters. The Morgan fingerprint density at radius 2 is 1.71 bits per heavy atom. The fraction of sp³-hybridized carbons (Fsp3) is 0.172. The van der Waals surface area contributed by atoms with Gasteiger partial charge in [0.1, 0.15) is 5.69 Å². The molecular weight excluding hydrogens is 426 g/mol. The van der Waals surface area contributed by atoms with Crippen LogP contribution in [-0.4, -0.2) is 11.0 Å². The molecule has 0 saturated carbocycles. The van der Waals surface area contributed by atoms with Gasteiger partial charge in [-0.2, -0.15) is 0 Å². The van der Waals surface area contributed by atoms with Crippen molar-refractivity contribution in [1.82, 2.24) is 4.98 Å². The van der Waals surface area contributed by atoms with Crippen molar-refractivity contribution in [2.75, 3.05) is 0 Å². The largest absolute Gasteiger partial charge is 0.436 e. The maximum atomic E-state index is 11.0. The van der Waals surface area contributed by atoms with Crippen molar-refractivity contribution in [3.05, 3.63) is 102 Å². The van der Waals surface area contributed by atoms with Crippen LogP contribution in [0.5, 0.6) is 5.75 Å². The maximum Gasteiger partial charge on any atom is 0.352 e. The Morgan fingerprint density at radius 1 is 0.971 bits per heavy atom. The summed E-state index contributed by atoms with van der Waals surface area (Å²) in [5.74, 6) is 1.75. The van der Waals surface area contributed by atoms with Crippen molar-refractivity contribution >= 4 is 11.5 Å². The third-order valence-corrected chi connectivity index (χ3v) is 5.91. The van der Waals surface area contributed by atoms with Crippen molar-refractivity contribution in [1.29, 1.82) is 0 Å². The Kier molecular flexibility index (Phi) is 6.25. The lowest BCUT2D eigenvalue weighted by Crippen LogP contribution is -2.05. The van der Waals surface area contributed by atoms with Crippen molar-refractivity contribution < 1.29 is 19.0 Å². The highest BCUT2D eigenvalue weighted by Gasteiger charge is 2.27.